The number of allylic oxidation sites excluding steroid dienone is 1. The number of hydrogen-bond acceptors (Lipinski definition) is 1. The topological polar surface area (TPSA) is 17.1 Å². The van der Waals surface area contributed by atoms with Gasteiger partial charge in [0.1, 0.15) is 0 Å². The van der Waals surface area contributed by atoms with Crippen molar-refractivity contribution >= 4 is 24.1 Å². The Morgan fingerprint density at radius 2 is 1.92 bits per heavy atom. The third-order valence-electron chi connectivity index (χ3n) is 1.88. The van der Waals surface area contributed by atoms with E-state index >= 15 is 0 Å². The number of fused-ring (bicyclic) bond motifs is 1. The molecule has 1 nitrogen and oxygen atoms in total. The Morgan fingerprint density at radius 1 is 1.25 bits per heavy atom. The van der Waals surface area contributed by atoms with Crippen molar-refractivity contribution in [2.45, 2.75) is 6.92 Å². The van der Waals surface area contributed by atoms with Crippen LogP contribution in [0.25, 0.3) is 4.47 Å². The zero-order valence-electron chi connectivity index (χ0n) is 6.70. The molecule has 1 aromatic carbocycles. The Morgan fingerprint density at radius 3 is 2.58 bits per heavy atom. The van der Waals surface area contributed by atoms with E-state index in [1.165, 1.54) is 4.47 Å². The Hall–Kier alpha value is -0.851. The molecule has 0 bridgehead atoms. The zero-order chi connectivity index (χ0) is 8.55. The molecule has 1 aliphatic rings. The van der Waals surface area contributed by atoms with E-state index in [2.05, 4.69) is 0 Å². The van der Waals surface area contributed by atoms with Gasteiger partial charge in [-0.05, 0) is 0 Å². The van der Waals surface area contributed by atoms with Crippen molar-refractivity contribution in [1.29, 1.82) is 0 Å². The van der Waals surface area contributed by atoms with Crippen LogP contribution in [0, 0.1) is 0 Å². The minimum absolute atomic E-state index is 0.0262. The van der Waals surface area contributed by atoms with Gasteiger partial charge in [0.25, 0.3) is 0 Å². The van der Waals surface area contributed by atoms with Gasteiger partial charge in [0.2, 0.25) is 0 Å². The van der Waals surface area contributed by atoms with Crippen LogP contribution in [0.1, 0.15) is 22.8 Å². The zero-order valence-corrected chi connectivity index (χ0v) is 8.42. The van der Waals surface area contributed by atoms with Gasteiger partial charge in [0.15, 0.2) is 0 Å². The van der Waals surface area contributed by atoms with E-state index in [0.717, 1.165) is 11.1 Å². The molecule has 0 N–H and O–H groups in total. The molecule has 1 aliphatic heterocycles. The molecular formula is C10H8OSe. The summed E-state index contributed by atoms with van der Waals surface area (Å²) in [5.74, 6) is 0. The van der Waals surface area contributed by atoms with Crippen molar-refractivity contribution in [2.75, 3.05) is 0 Å². The minimum atomic E-state index is 0.0262. The number of carbonyl (C=O) groups is 1. The molecule has 0 amide bonds. The maximum absolute atomic E-state index is 11.4. The molecule has 0 saturated carbocycles. The molecular weight excluding hydrogens is 215 g/mol. The van der Waals surface area contributed by atoms with Crippen molar-refractivity contribution in [3.63, 3.8) is 0 Å². The van der Waals surface area contributed by atoms with Gasteiger partial charge in [0, 0.05) is 0 Å². The summed E-state index contributed by atoms with van der Waals surface area (Å²) in [6.45, 7) is 1.99. The summed E-state index contributed by atoms with van der Waals surface area (Å²) in [6, 6.07) is 7.84. The van der Waals surface area contributed by atoms with Gasteiger partial charge >= 0.3 is 77.3 Å². The molecule has 1 aromatic rings. The van der Waals surface area contributed by atoms with Crippen molar-refractivity contribution in [1.82, 2.24) is 0 Å². The van der Waals surface area contributed by atoms with Crippen molar-refractivity contribution in [3.05, 3.63) is 41.5 Å². The third-order valence-corrected chi connectivity index (χ3v) is 4.14. The van der Waals surface area contributed by atoms with Crippen LogP contribution in [0.3, 0.4) is 0 Å². The van der Waals surface area contributed by atoms with Crippen LogP contribution in [0.2, 0.25) is 0 Å². The second-order valence-electron chi connectivity index (χ2n) is 2.59. The molecule has 2 heteroatoms. The van der Waals surface area contributed by atoms with Gasteiger partial charge in [-0.2, -0.15) is 0 Å². The maximum atomic E-state index is 11.4. The van der Waals surface area contributed by atoms with E-state index in [1.807, 2.05) is 37.3 Å². The summed E-state index contributed by atoms with van der Waals surface area (Å²) in [5, 5.41) is 0. The first-order valence-corrected chi connectivity index (χ1v) is 5.52. The van der Waals surface area contributed by atoms with Crippen LogP contribution in [0.15, 0.2) is 30.3 Å². The predicted octanol–water partition coefficient (Wildman–Crippen LogP) is 1.91. The first-order chi connectivity index (χ1) is 5.83. The van der Waals surface area contributed by atoms with Crippen LogP contribution in [0.5, 0.6) is 0 Å². The van der Waals surface area contributed by atoms with Crippen LogP contribution >= 0.6 is 0 Å². The normalized spacial score (nSPS) is 18.4. The molecule has 2 rings (SSSR count). The molecule has 0 radical (unpaired) electrons. The average Bonchev–Trinajstić information content (AvgIpc) is 2.44. The van der Waals surface area contributed by atoms with E-state index in [1.54, 1.807) is 0 Å². The molecule has 0 unspecified atom stereocenters. The van der Waals surface area contributed by atoms with E-state index in [4.69, 9.17) is 0 Å². The Kier molecular flexibility index (Phi) is 1.87. The van der Waals surface area contributed by atoms with E-state index < -0.39 is 0 Å². The first-order valence-electron chi connectivity index (χ1n) is 3.81. The summed E-state index contributed by atoms with van der Waals surface area (Å²) >= 11 is 0.0262. The molecule has 0 aromatic heterocycles. The summed E-state index contributed by atoms with van der Waals surface area (Å²) < 4.78 is 1.54. The summed E-state index contributed by atoms with van der Waals surface area (Å²) in [4.78, 5) is 11.4. The molecule has 0 fully saturated rings. The number of benzene rings is 1. The van der Waals surface area contributed by atoms with Crippen molar-refractivity contribution < 1.29 is 4.79 Å². The van der Waals surface area contributed by atoms with Gasteiger partial charge in [-0.1, -0.05) is 0 Å². The molecule has 0 atom stereocenters. The van der Waals surface area contributed by atoms with Gasteiger partial charge in [-0.3, -0.25) is 0 Å². The predicted molar refractivity (Wildman–Crippen MR) is 50.2 cm³/mol. The Labute approximate surface area is 77.6 Å². The molecule has 12 heavy (non-hydrogen) atoms. The summed E-state index contributed by atoms with van der Waals surface area (Å²) in [5.41, 5.74) is 2.05. The summed E-state index contributed by atoms with van der Waals surface area (Å²) in [6.07, 6.45) is 2.05. The average molecular weight is 223 g/mol. The first kappa shape index (κ1) is 7.78. The molecule has 0 aliphatic carbocycles. The van der Waals surface area contributed by atoms with Crippen molar-refractivity contribution in [2.24, 2.45) is 0 Å². The summed E-state index contributed by atoms with van der Waals surface area (Å²) in [7, 11) is 0. The van der Waals surface area contributed by atoms with Crippen molar-refractivity contribution in [3.8, 4) is 0 Å². The molecule has 0 saturated heterocycles. The second kappa shape index (κ2) is 2.89. The van der Waals surface area contributed by atoms with Crippen LogP contribution in [-0.2, 0) is 0 Å². The van der Waals surface area contributed by atoms with Gasteiger partial charge < -0.3 is 0 Å². The van der Waals surface area contributed by atoms with Crippen LogP contribution in [-0.4, -0.2) is 19.6 Å². The SMILES string of the molecule is C/C=C1\[Se]C(=O)c2ccccc21. The third kappa shape index (κ3) is 1.04. The number of carbonyl (C=O) groups excluding carboxylic acids is 1. The van der Waals surface area contributed by atoms with Crippen LogP contribution < -0.4 is 0 Å². The van der Waals surface area contributed by atoms with Crippen LogP contribution in [0.4, 0.5) is 0 Å². The fraction of sp³-hybridized carbons (Fsp3) is 0.100. The molecule has 0 spiro atoms. The Bertz CT molecular complexity index is 366. The monoisotopic (exact) mass is 224 g/mol. The quantitative estimate of drug-likeness (QED) is 0.614. The molecule has 60 valence electrons. The fourth-order valence-electron chi connectivity index (χ4n) is 1.30. The van der Waals surface area contributed by atoms with Gasteiger partial charge in [-0.15, -0.1) is 0 Å². The van der Waals surface area contributed by atoms with E-state index in [9.17, 15) is 4.79 Å². The number of hydrogen-bond donors (Lipinski definition) is 0. The van der Waals surface area contributed by atoms with Gasteiger partial charge in [0.05, 0.1) is 0 Å². The number of rotatable bonds is 0. The second-order valence-corrected chi connectivity index (χ2v) is 4.72. The van der Waals surface area contributed by atoms with E-state index in [0.29, 0.717) is 4.68 Å². The fourth-order valence-corrected chi connectivity index (χ4v) is 3.17. The Balaban J connectivity index is 2.65. The molecule has 1 heterocycles. The van der Waals surface area contributed by atoms with Gasteiger partial charge in [-0.25, -0.2) is 0 Å². The van der Waals surface area contributed by atoms with E-state index in [-0.39, 0.29) is 15.0 Å². The standard InChI is InChI=1S/C10H8OSe/c1-2-9-7-5-3-4-6-8(7)10(11)12-9/h2-6H,1H3/b9-2-.